The molecule has 2 atom stereocenters. The van der Waals surface area contributed by atoms with Crippen molar-refractivity contribution in [2.75, 3.05) is 5.75 Å². The second-order valence-electron chi connectivity index (χ2n) is 7.80. The Hall–Kier alpha value is -2.34. The Morgan fingerprint density at radius 2 is 1.68 bits per heavy atom. The summed E-state index contributed by atoms with van der Waals surface area (Å²) in [5, 5.41) is 3.00. The number of thioether (sulfide) groups is 1. The molecule has 2 rings (SSSR count). The third-order valence-corrected chi connectivity index (χ3v) is 6.27. The predicted molar refractivity (Wildman–Crippen MR) is 125 cm³/mol. The van der Waals surface area contributed by atoms with E-state index in [1.807, 2.05) is 27.7 Å². The fourth-order valence-corrected chi connectivity index (χ4v) is 4.02. The van der Waals surface area contributed by atoms with Gasteiger partial charge in [0.1, 0.15) is 11.9 Å². The number of carbonyl (C=O) groups excluding carboxylic acids is 2. The maximum atomic E-state index is 13.3. The number of carbonyl (C=O) groups is 2. The molecule has 0 spiro atoms. The summed E-state index contributed by atoms with van der Waals surface area (Å²) >= 11 is 1.63. The zero-order chi connectivity index (χ0) is 22.8. The second kappa shape index (κ2) is 12.5. The zero-order valence-corrected chi connectivity index (χ0v) is 19.7. The van der Waals surface area contributed by atoms with Crippen LogP contribution in [0, 0.1) is 12.7 Å². The van der Waals surface area contributed by atoms with Crippen molar-refractivity contribution in [2.45, 2.75) is 70.5 Å². The first-order valence-electron chi connectivity index (χ1n) is 10.9. The van der Waals surface area contributed by atoms with Gasteiger partial charge in [-0.25, -0.2) is 4.39 Å². The number of nitrogens with zero attached hydrogens (tertiary/aromatic N) is 1. The summed E-state index contributed by atoms with van der Waals surface area (Å²) in [5.41, 5.74) is 2.00. The van der Waals surface area contributed by atoms with Gasteiger partial charge < -0.3 is 10.2 Å². The summed E-state index contributed by atoms with van der Waals surface area (Å²) in [4.78, 5) is 28.8. The molecule has 4 nitrogen and oxygen atoms in total. The van der Waals surface area contributed by atoms with Gasteiger partial charge in [0.2, 0.25) is 11.8 Å². The van der Waals surface area contributed by atoms with Crippen molar-refractivity contribution in [3.8, 4) is 0 Å². The van der Waals surface area contributed by atoms with Gasteiger partial charge in [0.25, 0.3) is 0 Å². The minimum Gasteiger partial charge on any atom is -0.352 e. The third-order valence-electron chi connectivity index (χ3n) is 5.26. The summed E-state index contributed by atoms with van der Waals surface area (Å²) in [5.74, 6) is 0.0943. The second-order valence-corrected chi connectivity index (χ2v) is 8.97. The highest BCUT2D eigenvalue weighted by Gasteiger charge is 2.29. The number of aryl methyl sites for hydroxylation is 1. The minimum absolute atomic E-state index is 0.0430. The monoisotopic (exact) mass is 444 g/mol. The lowest BCUT2D eigenvalue weighted by atomic mass is 10.1. The molecule has 0 unspecified atom stereocenters. The van der Waals surface area contributed by atoms with Crippen LogP contribution in [0.5, 0.6) is 0 Å². The minimum atomic E-state index is -0.559. The molecule has 1 N–H and O–H groups in total. The molecule has 31 heavy (non-hydrogen) atoms. The number of amides is 2. The molecule has 168 valence electrons. The van der Waals surface area contributed by atoms with Crippen LogP contribution in [0.4, 0.5) is 4.39 Å². The molecule has 2 aromatic rings. The summed E-state index contributed by atoms with van der Waals surface area (Å²) in [7, 11) is 0. The lowest BCUT2D eigenvalue weighted by Gasteiger charge is -2.31. The van der Waals surface area contributed by atoms with Crippen molar-refractivity contribution in [3.05, 3.63) is 65.5 Å². The Morgan fingerprint density at radius 3 is 2.26 bits per heavy atom. The SMILES string of the molecule is CC[C@H](C)NC(=O)[C@H](CC)N(Cc1ccc(F)cc1)C(=O)CCSc1ccc(C)cc1. The van der Waals surface area contributed by atoms with Crippen molar-refractivity contribution < 1.29 is 14.0 Å². The largest absolute Gasteiger partial charge is 0.352 e. The molecule has 2 amide bonds. The molecule has 0 aromatic heterocycles. The van der Waals surface area contributed by atoms with Crippen LogP contribution in [0.2, 0.25) is 0 Å². The molecule has 0 saturated heterocycles. The third kappa shape index (κ3) is 8.02. The Kier molecular flexibility index (Phi) is 10.0. The van der Waals surface area contributed by atoms with Gasteiger partial charge in [-0.1, -0.05) is 43.7 Å². The van der Waals surface area contributed by atoms with Gasteiger partial charge in [0.15, 0.2) is 0 Å². The average molecular weight is 445 g/mol. The zero-order valence-electron chi connectivity index (χ0n) is 18.9. The first kappa shape index (κ1) is 24.9. The van der Waals surface area contributed by atoms with E-state index in [4.69, 9.17) is 0 Å². The van der Waals surface area contributed by atoms with Gasteiger partial charge in [0.05, 0.1) is 0 Å². The van der Waals surface area contributed by atoms with Crippen molar-refractivity contribution in [3.63, 3.8) is 0 Å². The van der Waals surface area contributed by atoms with Gasteiger partial charge in [-0.2, -0.15) is 0 Å². The molecule has 0 aliphatic rings. The van der Waals surface area contributed by atoms with Crippen LogP contribution in [-0.4, -0.2) is 34.6 Å². The lowest BCUT2D eigenvalue weighted by Crippen LogP contribution is -2.50. The van der Waals surface area contributed by atoms with Gasteiger partial charge >= 0.3 is 0 Å². The topological polar surface area (TPSA) is 49.4 Å². The van der Waals surface area contributed by atoms with Gasteiger partial charge in [-0.3, -0.25) is 9.59 Å². The van der Waals surface area contributed by atoms with Crippen molar-refractivity contribution >= 4 is 23.6 Å². The Bertz CT molecular complexity index is 840. The van der Waals surface area contributed by atoms with Crippen LogP contribution in [0.15, 0.2) is 53.4 Å². The van der Waals surface area contributed by atoms with Crippen LogP contribution < -0.4 is 5.32 Å². The smallest absolute Gasteiger partial charge is 0.243 e. The van der Waals surface area contributed by atoms with Crippen LogP contribution in [-0.2, 0) is 16.1 Å². The fourth-order valence-electron chi connectivity index (χ4n) is 3.18. The predicted octanol–water partition coefficient (Wildman–Crippen LogP) is 5.34. The van der Waals surface area contributed by atoms with E-state index in [9.17, 15) is 14.0 Å². The van der Waals surface area contributed by atoms with Gasteiger partial charge in [0, 0.05) is 29.7 Å². The number of hydrogen-bond acceptors (Lipinski definition) is 3. The summed E-state index contributed by atoms with van der Waals surface area (Å²) in [6.07, 6.45) is 1.66. The molecular weight excluding hydrogens is 411 g/mol. The molecule has 0 radical (unpaired) electrons. The molecule has 0 heterocycles. The quantitative estimate of drug-likeness (QED) is 0.476. The standard InChI is InChI=1S/C25H33FN2O2S/c1-5-19(4)27-25(30)23(6-2)28(17-20-9-11-21(26)12-10-20)24(29)15-16-31-22-13-7-18(3)8-14-22/h7-14,19,23H,5-6,15-17H2,1-4H3,(H,27,30)/t19-,23-/m0/s1. The maximum absolute atomic E-state index is 13.3. The molecule has 0 bridgehead atoms. The highest BCUT2D eigenvalue weighted by Crippen LogP contribution is 2.21. The van der Waals surface area contributed by atoms with Gasteiger partial charge in [-0.15, -0.1) is 11.8 Å². The highest BCUT2D eigenvalue weighted by atomic mass is 32.2. The summed E-state index contributed by atoms with van der Waals surface area (Å²) in [6, 6.07) is 13.8. The van der Waals surface area contributed by atoms with E-state index in [-0.39, 0.29) is 30.2 Å². The Balaban J connectivity index is 2.12. The van der Waals surface area contributed by atoms with E-state index < -0.39 is 6.04 Å². The van der Waals surface area contributed by atoms with Crippen molar-refractivity contribution in [2.24, 2.45) is 0 Å². The first-order chi connectivity index (χ1) is 14.8. The number of halogens is 1. The number of nitrogens with one attached hydrogen (secondary N) is 1. The molecular formula is C25H33FN2O2S. The molecule has 6 heteroatoms. The maximum Gasteiger partial charge on any atom is 0.243 e. The van der Waals surface area contributed by atoms with Crippen LogP contribution in [0.3, 0.4) is 0 Å². The molecule has 0 saturated carbocycles. The van der Waals surface area contributed by atoms with Crippen LogP contribution in [0.1, 0.15) is 51.2 Å². The summed E-state index contributed by atoms with van der Waals surface area (Å²) in [6.45, 7) is 8.19. The number of rotatable bonds is 11. The highest BCUT2D eigenvalue weighted by molar-refractivity contribution is 7.99. The van der Waals surface area contributed by atoms with E-state index in [0.29, 0.717) is 18.6 Å². The van der Waals surface area contributed by atoms with E-state index in [1.54, 1.807) is 28.8 Å². The van der Waals surface area contributed by atoms with E-state index >= 15 is 0 Å². The lowest BCUT2D eigenvalue weighted by molar-refractivity contribution is -0.141. The first-order valence-corrected chi connectivity index (χ1v) is 11.9. The van der Waals surface area contributed by atoms with Crippen LogP contribution >= 0.6 is 11.8 Å². The molecule has 0 aliphatic heterocycles. The normalized spacial score (nSPS) is 12.8. The van der Waals surface area contributed by atoms with Crippen LogP contribution in [0.25, 0.3) is 0 Å². The molecule has 0 fully saturated rings. The van der Waals surface area contributed by atoms with Gasteiger partial charge in [-0.05, 0) is 56.5 Å². The number of hydrogen-bond donors (Lipinski definition) is 1. The Morgan fingerprint density at radius 1 is 1.03 bits per heavy atom. The fraction of sp³-hybridized carbons (Fsp3) is 0.440. The van der Waals surface area contributed by atoms with E-state index in [1.165, 1.54) is 17.7 Å². The van der Waals surface area contributed by atoms with Crippen molar-refractivity contribution in [1.29, 1.82) is 0 Å². The Labute approximate surface area is 189 Å². The van der Waals surface area contributed by atoms with E-state index in [2.05, 4.69) is 29.6 Å². The molecule has 0 aliphatic carbocycles. The molecule has 2 aromatic carbocycles. The average Bonchev–Trinajstić information content (AvgIpc) is 2.76. The van der Waals surface area contributed by atoms with Crippen molar-refractivity contribution in [1.82, 2.24) is 10.2 Å². The number of benzene rings is 2. The summed E-state index contributed by atoms with van der Waals surface area (Å²) < 4.78 is 13.3. The van der Waals surface area contributed by atoms with E-state index in [0.717, 1.165) is 16.9 Å².